The van der Waals surface area contributed by atoms with E-state index in [-0.39, 0.29) is 11.2 Å². The maximum absolute atomic E-state index is 11.6. The fourth-order valence-electron chi connectivity index (χ4n) is 1.85. The Balaban J connectivity index is 2.04. The highest BCUT2D eigenvalue weighted by Crippen LogP contribution is 2.03. The molecule has 2 aromatic rings. The number of rotatable bonds is 5. The molecule has 19 heavy (non-hydrogen) atoms. The van der Waals surface area contributed by atoms with Gasteiger partial charge < -0.3 is 5.32 Å². The van der Waals surface area contributed by atoms with E-state index in [0.717, 1.165) is 5.69 Å². The molecule has 0 aliphatic heterocycles. The van der Waals surface area contributed by atoms with E-state index < -0.39 is 0 Å². The van der Waals surface area contributed by atoms with Crippen LogP contribution in [0.1, 0.15) is 12.5 Å². The van der Waals surface area contributed by atoms with Crippen LogP contribution in [0.2, 0.25) is 0 Å². The van der Waals surface area contributed by atoms with Gasteiger partial charge in [-0.25, -0.2) is 4.79 Å². The number of nitrogens with zero attached hydrogens (tertiary/aromatic N) is 1. The number of aryl methyl sites for hydroxylation is 1. The van der Waals surface area contributed by atoms with Crippen LogP contribution < -0.4 is 16.6 Å². The number of benzene rings is 1. The van der Waals surface area contributed by atoms with Crippen molar-refractivity contribution in [2.24, 2.45) is 0 Å². The van der Waals surface area contributed by atoms with Crippen molar-refractivity contribution < 1.29 is 0 Å². The second-order valence-corrected chi connectivity index (χ2v) is 4.25. The fraction of sp³-hybridized carbons (Fsp3) is 0.286. The third-order valence-corrected chi connectivity index (χ3v) is 2.92. The predicted molar refractivity (Wildman–Crippen MR) is 75.6 cm³/mol. The van der Waals surface area contributed by atoms with Crippen molar-refractivity contribution in [2.75, 3.05) is 11.9 Å². The Morgan fingerprint density at radius 3 is 2.63 bits per heavy atom. The molecule has 2 N–H and O–H groups in total. The van der Waals surface area contributed by atoms with Gasteiger partial charge in [0.15, 0.2) is 0 Å². The van der Waals surface area contributed by atoms with Crippen LogP contribution in [0.5, 0.6) is 0 Å². The Kier molecular flexibility index (Phi) is 4.18. The van der Waals surface area contributed by atoms with Crippen molar-refractivity contribution in [1.82, 2.24) is 9.55 Å². The van der Waals surface area contributed by atoms with Crippen molar-refractivity contribution in [3.05, 3.63) is 62.9 Å². The molecule has 0 unspecified atom stereocenters. The molecule has 0 radical (unpaired) electrons. The van der Waals surface area contributed by atoms with Gasteiger partial charge in [-0.2, -0.15) is 0 Å². The molecule has 0 spiro atoms. The molecule has 0 aliphatic rings. The highest BCUT2D eigenvalue weighted by molar-refractivity contribution is 5.42. The van der Waals surface area contributed by atoms with Gasteiger partial charge in [-0.15, -0.1) is 0 Å². The maximum atomic E-state index is 11.6. The van der Waals surface area contributed by atoms with Crippen LogP contribution in [0, 0.1) is 0 Å². The molecule has 1 heterocycles. The van der Waals surface area contributed by atoms with Gasteiger partial charge in [0, 0.05) is 30.5 Å². The molecule has 0 saturated heterocycles. The molecule has 100 valence electrons. The van der Waals surface area contributed by atoms with Gasteiger partial charge in [0.2, 0.25) is 0 Å². The van der Waals surface area contributed by atoms with Crippen molar-refractivity contribution in [2.45, 2.75) is 19.9 Å². The van der Waals surface area contributed by atoms with Crippen LogP contribution in [-0.2, 0) is 13.0 Å². The summed E-state index contributed by atoms with van der Waals surface area (Å²) in [5, 5.41) is 3.22. The summed E-state index contributed by atoms with van der Waals surface area (Å²) in [6, 6.07) is 9.78. The van der Waals surface area contributed by atoms with Crippen molar-refractivity contribution in [3.8, 4) is 0 Å². The summed E-state index contributed by atoms with van der Waals surface area (Å²) in [6.45, 7) is 3.03. The predicted octanol–water partition coefficient (Wildman–Crippen LogP) is 1.21. The van der Waals surface area contributed by atoms with Gasteiger partial charge in [0.05, 0.1) is 0 Å². The molecule has 0 bridgehead atoms. The Labute approximate surface area is 110 Å². The van der Waals surface area contributed by atoms with Crippen molar-refractivity contribution in [3.63, 3.8) is 0 Å². The number of H-pyrrole nitrogens is 1. The number of nitrogens with one attached hydrogen (secondary N) is 2. The molecule has 1 aromatic heterocycles. The SMILES string of the molecule is CCc1cn(CCNc2ccccc2)c(=O)[nH]c1=O. The standard InChI is InChI=1S/C14H17N3O2/c1-2-11-10-17(14(19)16-13(11)18)9-8-15-12-6-4-3-5-7-12/h3-7,10,15H,2,8-9H2,1H3,(H,16,18,19). The van der Waals surface area contributed by atoms with E-state index in [1.54, 1.807) is 6.20 Å². The molecule has 0 fully saturated rings. The lowest BCUT2D eigenvalue weighted by molar-refractivity contribution is 0.660. The zero-order valence-electron chi connectivity index (χ0n) is 10.8. The average molecular weight is 259 g/mol. The van der Waals surface area contributed by atoms with Crippen LogP contribution in [0.4, 0.5) is 5.69 Å². The zero-order chi connectivity index (χ0) is 13.7. The molecule has 0 saturated carbocycles. The summed E-state index contributed by atoms with van der Waals surface area (Å²) in [5.41, 5.74) is 0.979. The van der Waals surface area contributed by atoms with Crippen LogP contribution in [0.3, 0.4) is 0 Å². The smallest absolute Gasteiger partial charge is 0.328 e. The number of aromatic nitrogens is 2. The Morgan fingerprint density at radius 1 is 1.21 bits per heavy atom. The zero-order valence-corrected chi connectivity index (χ0v) is 10.8. The highest BCUT2D eigenvalue weighted by atomic mass is 16.2. The van der Waals surface area contributed by atoms with Gasteiger partial charge >= 0.3 is 5.69 Å². The van der Waals surface area contributed by atoms with Crippen LogP contribution in [-0.4, -0.2) is 16.1 Å². The second-order valence-electron chi connectivity index (χ2n) is 4.25. The minimum absolute atomic E-state index is 0.292. The molecule has 0 atom stereocenters. The van der Waals surface area contributed by atoms with E-state index in [4.69, 9.17) is 0 Å². The Morgan fingerprint density at radius 2 is 1.95 bits per heavy atom. The molecule has 2 rings (SSSR count). The Bertz CT molecular complexity index is 644. The van der Waals surface area contributed by atoms with Gasteiger partial charge in [0.25, 0.3) is 5.56 Å². The molecule has 5 heteroatoms. The summed E-state index contributed by atoms with van der Waals surface area (Å²) in [5.74, 6) is 0. The molecule has 0 amide bonds. The van der Waals surface area contributed by atoms with E-state index in [1.165, 1.54) is 4.57 Å². The third kappa shape index (κ3) is 3.34. The number of hydrogen-bond donors (Lipinski definition) is 2. The van der Waals surface area contributed by atoms with Gasteiger partial charge in [-0.05, 0) is 18.6 Å². The second kappa shape index (κ2) is 6.04. The molecular formula is C14H17N3O2. The fourth-order valence-corrected chi connectivity index (χ4v) is 1.85. The third-order valence-electron chi connectivity index (χ3n) is 2.92. The average Bonchev–Trinajstić information content (AvgIpc) is 2.42. The molecular weight excluding hydrogens is 242 g/mol. The largest absolute Gasteiger partial charge is 0.383 e. The quantitative estimate of drug-likeness (QED) is 0.848. The van der Waals surface area contributed by atoms with Crippen LogP contribution in [0.25, 0.3) is 0 Å². The van der Waals surface area contributed by atoms with Crippen LogP contribution >= 0.6 is 0 Å². The minimum atomic E-state index is -0.364. The first-order chi connectivity index (χ1) is 9.20. The normalized spacial score (nSPS) is 10.4. The lowest BCUT2D eigenvalue weighted by atomic mass is 10.2. The number of anilines is 1. The van der Waals surface area contributed by atoms with Crippen molar-refractivity contribution >= 4 is 5.69 Å². The summed E-state index contributed by atoms with van der Waals surface area (Å²) in [4.78, 5) is 25.4. The number of hydrogen-bond acceptors (Lipinski definition) is 3. The first kappa shape index (κ1) is 13.1. The summed E-state index contributed by atoms with van der Waals surface area (Å²) >= 11 is 0. The first-order valence-electron chi connectivity index (χ1n) is 6.32. The van der Waals surface area contributed by atoms with E-state index in [1.807, 2.05) is 37.3 Å². The number of aromatic amines is 1. The molecule has 5 nitrogen and oxygen atoms in total. The monoisotopic (exact) mass is 259 g/mol. The lowest BCUT2D eigenvalue weighted by Crippen LogP contribution is -2.33. The van der Waals surface area contributed by atoms with Gasteiger partial charge in [-0.3, -0.25) is 14.3 Å². The summed E-state index contributed by atoms with van der Waals surface area (Å²) < 4.78 is 1.52. The highest BCUT2D eigenvalue weighted by Gasteiger charge is 2.02. The lowest BCUT2D eigenvalue weighted by Gasteiger charge is -2.09. The van der Waals surface area contributed by atoms with E-state index in [2.05, 4.69) is 10.3 Å². The minimum Gasteiger partial charge on any atom is -0.383 e. The van der Waals surface area contributed by atoms with E-state index in [0.29, 0.717) is 25.1 Å². The molecule has 0 aliphatic carbocycles. The summed E-state index contributed by atoms with van der Waals surface area (Å²) in [6.07, 6.45) is 2.25. The topological polar surface area (TPSA) is 66.9 Å². The van der Waals surface area contributed by atoms with E-state index in [9.17, 15) is 9.59 Å². The van der Waals surface area contributed by atoms with Crippen molar-refractivity contribution in [1.29, 1.82) is 0 Å². The van der Waals surface area contributed by atoms with Gasteiger partial charge in [-0.1, -0.05) is 25.1 Å². The summed E-state index contributed by atoms with van der Waals surface area (Å²) in [7, 11) is 0. The van der Waals surface area contributed by atoms with Gasteiger partial charge in [0.1, 0.15) is 0 Å². The molecule has 1 aromatic carbocycles. The maximum Gasteiger partial charge on any atom is 0.328 e. The van der Waals surface area contributed by atoms with Crippen LogP contribution in [0.15, 0.2) is 46.1 Å². The van der Waals surface area contributed by atoms with E-state index >= 15 is 0 Å². The first-order valence-corrected chi connectivity index (χ1v) is 6.32. The Hall–Kier alpha value is -2.30. The number of para-hydroxylation sites is 1.